The Morgan fingerprint density at radius 1 is 1.10 bits per heavy atom. The zero-order valence-electron chi connectivity index (χ0n) is 17.5. The maximum atomic E-state index is 13.5. The number of benzene rings is 1. The van der Waals surface area contributed by atoms with Gasteiger partial charge in [-0.05, 0) is 61.2 Å². The van der Waals surface area contributed by atoms with Crippen molar-refractivity contribution < 1.29 is 9.59 Å². The molecule has 3 aromatic rings. The van der Waals surface area contributed by atoms with Crippen molar-refractivity contribution in [3.63, 3.8) is 0 Å². The van der Waals surface area contributed by atoms with Crippen LogP contribution in [0, 0.1) is 12.3 Å². The van der Waals surface area contributed by atoms with E-state index in [-0.39, 0.29) is 16.8 Å². The third-order valence-electron chi connectivity index (χ3n) is 5.35. The van der Waals surface area contributed by atoms with Gasteiger partial charge in [-0.1, -0.05) is 31.5 Å². The van der Waals surface area contributed by atoms with Gasteiger partial charge in [-0.15, -0.1) is 0 Å². The molecule has 0 radical (unpaired) electrons. The maximum Gasteiger partial charge on any atom is 0.268 e. The van der Waals surface area contributed by atoms with Crippen LogP contribution in [-0.4, -0.2) is 21.2 Å². The number of carbonyl (C=O) groups is 2. The minimum atomic E-state index is -0.605. The second kappa shape index (κ2) is 7.78. The van der Waals surface area contributed by atoms with Gasteiger partial charge in [-0.25, -0.2) is 4.98 Å². The van der Waals surface area contributed by atoms with Crippen molar-refractivity contribution in [2.45, 2.75) is 33.6 Å². The topological polar surface area (TPSA) is 81.1 Å². The van der Waals surface area contributed by atoms with Gasteiger partial charge in [0.15, 0.2) is 5.78 Å². The van der Waals surface area contributed by atoms with Gasteiger partial charge in [0.2, 0.25) is 0 Å². The smallest absolute Gasteiger partial charge is 0.268 e. The molecule has 2 aromatic heterocycles. The molecule has 1 aromatic carbocycles. The summed E-state index contributed by atoms with van der Waals surface area (Å²) in [5, 5.41) is 3.20. The molecule has 0 unspecified atom stereocenters. The molecule has 31 heavy (non-hydrogen) atoms. The highest BCUT2D eigenvalue weighted by Crippen LogP contribution is 2.35. The predicted octanol–water partition coefficient (Wildman–Crippen LogP) is 4.60. The van der Waals surface area contributed by atoms with Crippen LogP contribution >= 0.6 is 11.6 Å². The molecule has 0 saturated carbocycles. The first kappa shape index (κ1) is 21.0. The van der Waals surface area contributed by atoms with E-state index in [2.05, 4.69) is 10.3 Å². The molecule has 2 heterocycles. The van der Waals surface area contributed by atoms with Crippen LogP contribution in [0.5, 0.6) is 0 Å². The summed E-state index contributed by atoms with van der Waals surface area (Å²) >= 11 is 6.02. The number of halogens is 1. The van der Waals surface area contributed by atoms with Crippen molar-refractivity contribution in [3.05, 3.63) is 86.4 Å². The number of carbonyl (C=O) groups excluding carboxylic acids is 2. The third-order valence-corrected chi connectivity index (χ3v) is 5.60. The number of hydrogen-bond acceptors (Lipinski definition) is 4. The fourth-order valence-corrected chi connectivity index (χ4v) is 4.06. The van der Waals surface area contributed by atoms with E-state index in [9.17, 15) is 14.4 Å². The Bertz CT molecular complexity index is 1260. The lowest BCUT2D eigenvalue weighted by molar-refractivity contribution is 0.0909. The highest BCUT2D eigenvalue weighted by Gasteiger charge is 2.35. The van der Waals surface area contributed by atoms with Crippen LogP contribution in [-0.2, 0) is 6.42 Å². The highest BCUT2D eigenvalue weighted by molar-refractivity contribution is 6.30. The second-order valence-electron chi connectivity index (χ2n) is 8.59. The molecule has 1 aliphatic rings. The zero-order valence-corrected chi connectivity index (χ0v) is 18.3. The highest BCUT2D eigenvalue weighted by atomic mass is 35.5. The number of pyridine rings is 2. The molecular weight excluding hydrogens is 414 g/mol. The molecule has 0 saturated heterocycles. The van der Waals surface area contributed by atoms with E-state index in [1.807, 2.05) is 26.8 Å². The van der Waals surface area contributed by atoms with E-state index in [0.29, 0.717) is 40.6 Å². The van der Waals surface area contributed by atoms with Crippen LogP contribution < -0.4 is 10.9 Å². The first-order valence-electron chi connectivity index (χ1n) is 9.98. The van der Waals surface area contributed by atoms with Gasteiger partial charge in [-0.3, -0.25) is 19.0 Å². The van der Waals surface area contributed by atoms with E-state index in [0.717, 1.165) is 5.69 Å². The van der Waals surface area contributed by atoms with E-state index >= 15 is 0 Å². The molecule has 4 rings (SSSR count). The van der Waals surface area contributed by atoms with E-state index in [4.69, 9.17) is 11.6 Å². The lowest BCUT2D eigenvalue weighted by Crippen LogP contribution is -2.37. The molecule has 1 N–H and O–H groups in total. The molecule has 0 fully saturated rings. The normalized spacial score (nSPS) is 14.8. The fourth-order valence-electron chi connectivity index (χ4n) is 3.94. The molecule has 1 amide bonds. The number of aryl methyl sites for hydroxylation is 1. The average Bonchev–Trinajstić information content (AvgIpc) is 2.68. The minimum Gasteiger partial charge on any atom is -0.306 e. The number of rotatable bonds is 3. The quantitative estimate of drug-likeness (QED) is 0.651. The molecule has 158 valence electrons. The molecular formula is C24H22ClN3O3. The van der Waals surface area contributed by atoms with Crippen molar-refractivity contribution in [1.29, 1.82) is 0 Å². The van der Waals surface area contributed by atoms with Gasteiger partial charge < -0.3 is 5.32 Å². The summed E-state index contributed by atoms with van der Waals surface area (Å²) in [6.07, 6.45) is 0.882. The number of aromatic nitrogens is 2. The first-order chi connectivity index (χ1) is 14.6. The van der Waals surface area contributed by atoms with E-state index in [1.165, 1.54) is 10.6 Å². The number of hydrogen-bond donors (Lipinski definition) is 1. The summed E-state index contributed by atoms with van der Waals surface area (Å²) in [6.45, 7) is 5.80. The predicted molar refractivity (Wildman–Crippen MR) is 120 cm³/mol. The number of amides is 1. The van der Waals surface area contributed by atoms with Crippen LogP contribution in [0.1, 0.15) is 52.4 Å². The Morgan fingerprint density at radius 2 is 1.81 bits per heavy atom. The van der Waals surface area contributed by atoms with Crippen molar-refractivity contribution in [1.82, 2.24) is 9.55 Å². The van der Waals surface area contributed by atoms with Crippen LogP contribution in [0.15, 0.2) is 53.3 Å². The Balaban J connectivity index is 1.90. The molecule has 0 aliphatic heterocycles. The molecule has 6 nitrogen and oxygen atoms in total. The summed E-state index contributed by atoms with van der Waals surface area (Å²) in [7, 11) is 0. The second-order valence-corrected chi connectivity index (χ2v) is 9.03. The first-order valence-corrected chi connectivity index (χ1v) is 10.4. The van der Waals surface area contributed by atoms with Gasteiger partial charge in [-0.2, -0.15) is 0 Å². The van der Waals surface area contributed by atoms with Crippen molar-refractivity contribution in [2.75, 3.05) is 5.32 Å². The largest absolute Gasteiger partial charge is 0.306 e. The molecule has 0 bridgehead atoms. The van der Waals surface area contributed by atoms with E-state index in [1.54, 1.807) is 36.4 Å². The molecule has 7 heteroatoms. The van der Waals surface area contributed by atoms with Gasteiger partial charge in [0, 0.05) is 34.1 Å². The monoisotopic (exact) mass is 435 g/mol. The van der Waals surface area contributed by atoms with Crippen molar-refractivity contribution in [3.8, 4) is 5.69 Å². The SMILES string of the molecule is Cc1cccc(NC(=O)c2cc3c(n(-c4ccc(Cl)cc4)c2=O)CC(C)(C)CC3=O)n1. The average molecular weight is 436 g/mol. The van der Waals surface area contributed by atoms with E-state index < -0.39 is 11.5 Å². The standard InChI is InChI=1S/C24H22ClN3O3/c1-14-5-4-6-21(26-14)27-22(30)18-11-17-19(12-24(2,3)13-20(17)29)28(23(18)31)16-9-7-15(25)8-10-16/h4-11H,12-13H2,1-3H3,(H,26,27,30). The van der Waals surface area contributed by atoms with Crippen LogP contribution in [0.3, 0.4) is 0 Å². The zero-order chi connectivity index (χ0) is 22.3. The van der Waals surface area contributed by atoms with Gasteiger partial charge in [0.1, 0.15) is 11.4 Å². The lowest BCUT2D eigenvalue weighted by atomic mass is 9.75. The number of ketones is 1. The van der Waals surface area contributed by atoms with Crippen molar-refractivity contribution in [2.24, 2.45) is 5.41 Å². The summed E-state index contributed by atoms with van der Waals surface area (Å²) < 4.78 is 1.46. The molecule has 1 aliphatic carbocycles. The third kappa shape index (κ3) is 4.16. The Morgan fingerprint density at radius 3 is 2.48 bits per heavy atom. The van der Waals surface area contributed by atoms with Crippen LogP contribution in [0.2, 0.25) is 5.02 Å². The fraction of sp³-hybridized carbons (Fsp3) is 0.250. The number of anilines is 1. The van der Waals surface area contributed by atoms with Gasteiger partial charge in [0.25, 0.3) is 11.5 Å². The van der Waals surface area contributed by atoms with Crippen molar-refractivity contribution >= 4 is 29.1 Å². The number of nitrogens with zero attached hydrogens (tertiary/aromatic N) is 2. The molecule has 0 atom stereocenters. The summed E-state index contributed by atoms with van der Waals surface area (Å²) in [6, 6.07) is 13.4. The van der Waals surface area contributed by atoms with Crippen LogP contribution in [0.4, 0.5) is 5.82 Å². The summed E-state index contributed by atoms with van der Waals surface area (Å²) in [5.41, 5.74) is 1.41. The number of Topliss-reactive ketones (excluding diaryl/α,β-unsaturated/α-hetero) is 1. The summed E-state index contributed by atoms with van der Waals surface area (Å²) in [5.74, 6) is -0.351. The Labute approximate surface area is 184 Å². The van der Waals surface area contributed by atoms with Gasteiger partial charge in [0.05, 0.1) is 0 Å². The van der Waals surface area contributed by atoms with Crippen LogP contribution in [0.25, 0.3) is 5.69 Å². The minimum absolute atomic E-state index is 0.0864. The Kier molecular flexibility index (Phi) is 5.27. The lowest BCUT2D eigenvalue weighted by Gasteiger charge is -2.32. The Hall–Kier alpha value is -3.25. The maximum absolute atomic E-state index is 13.5. The molecule has 0 spiro atoms. The van der Waals surface area contributed by atoms with Gasteiger partial charge >= 0.3 is 0 Å². The summed E-state index contributed by atoms with van der Waals surface area (Å²) in [4.78, 5) is 43.7. The number of fused-ring (bicyclic) bond motifs is 1. The number of nitrogens with one attached hydrogen (secondary N) is 1.